The first-order chi connectivity index (χ1) is 13.6. The molecule has 0 aromatic rings. The predicted octanol–water partition coefficient (Wildman–Crippen LogP) is 1.34. The smallest absolute Gasteiger partial charge is 0.327 e. The van der Waals surface area contributed by atoms with Crippen LogP contribution >= 0.6 is 0 Å². The number of nitrogens with zero attached hydrogens (tertiary/aromatic N) is 4. The van der Waals surface area contributed by atoms with Gasteiger partial charge in [-0.05, 0) is 12.8 Å². The van der Waals surface area contributed by atoms with Crippen molar-refractivity contribution in [3.05, 3.63) is 0 Å². The number of carbonyl (C=O) groups is 2. The topological polar surface area (TPSA) is 106 Å². The van der Waals surface area contributed by atoms with Gasteiger partial charge in [0, 0.05) is 13.2 Å². The molecule has 2 fully saturated rings. The minimum Gasteiger partial charge on any atom is -0.376 e. The highest BCUT2D eigenvalue weighted by molar-refractivity contribution is 5.85. The van der Waals surface area contributed by atoms with Crippen LogP contribution in [0.3, 0.4) is 0 Å². The molecule has 10 heteroatoms. The van der Waals surface area contributed by atoms with Crippen LogP contribution in [0.1, 0.15) is 52.4 Å². The molecule has 4 amide bonds. The summed E-state index contributed by atoms with van der Waals surface area (Å²) in [6.45, 7) is 4.14. The molecular formula is C18H34N4O6. The molecular weight excluding hydrogens is 368 g/mol. The highest BCUT2D eigenvalue weighted by atomic mass is 16.5. The van der Waals surface area contributed by atoms with E-state index in [1.54, 1.807) is 0 Å². The van der Waals surface area contributed by atoms with E-state index in [2.05, 4.69) is 13.8 Å². The van der Waals surface area contributed by atoms with Gasteiger partial charge in [0.05, 0.1) is 0 Å². The van der Waals surface area contributed by atoms with Crippen LogP contribution < -0.4 is 0 Å². The second kappa shape index (κ2) is 11.4. The Labute approximate surface area is 166 Å². The van der Waals surface area contributed by atoms with Crippen molar-refractivity contribution in [3.63, 3.8) is 0 Å². The largest absolute Gasteiger partial charge is 0.376 e. The van der Waals surface area contributed by atoms with Crippen molar-refractivity contribution in [2.45, 2.75) is 64.7 Å². The molecule has 2 rings (SSSR count). The van der Waals surface area contributed by atoms with Crippen LogP contribution in [0.4, 0.5) is 9.59 Å². The van der Waals surface area contributed by atoms with E-state index in [0.29, 0.717) is 13.2 Å². The number of ether oxygens (including phenoxy) is 2. The predicted molar refractivity (Wildman–Crippen MR) is 101 cm³/mol. The summed E-state index contributed by atoms with van der Waals surface area (Å²) in [4.78, 5) is 30.6. The third-order valence-electron chi connectivity index (χ3n) is 5.08. The van der Waals surface area contributed by atoms with Crippen molar-refractivity contribution in [1.29, 1.82) is 0 Å². The Balaban J connectivity index is 2.07. The van der Waals surface area contributed by atoms with Gasteiger partial charge in [0.2, 0.25) is 0 Å². The number of carbonyl (C=O) groups excluding carboxylic acids is 2. The lowest BCUT2D eigenvalue weighted by Gasteiger charge is -2.29. The zero-order chi connectivity index (χ0) is 20.5. The number of rotatable bonds is 14. The second-order valence-corrected chi connectivity index (χ2v) is 7.04. The van der Waals surface area contributed by atoms with Gasteiger partial charge in [0.25, 0.3) is 0 Å². The lowest BCUT2D eigenvalue weighted by molar-refractivity contribution is -0.0286. The van der Waals surface area contributed by atoms with Crippen molar-refractivity contribution in [2.24, 2.45) is 0 Å². The van der Waals surface area contributed by atoms with Gasteiger partial charge in [-0.15, -0.1) is 0 Å². The number of aliphatic hydroxyl groups is 2. The van der Waals surface area contributed by atoms with E-state index in [1.807, 2.05) is 0 Å². The summed E-state index contributed by atoms with van der Waals surface area (Å²) < 4.78 is 11.3. The summed E-state index contributed by atoms with van der Waals surface area (Å²) in [6, 6.07) is -0.871. The van der Waals surface area contributed by atoms with Gasteiger partial charge in [-0.2, -0.15) is 0 Å². The number of aliphatic hydroxyl groups excluding tert-OH is 2. The van der Waals surface area contributed by atoms with Crippen molar-refractivity contribution in [2.75, 3.05) is 40.1 Å². The summed E-state index contributed by atoms with van der Waals surface area (Å²) in [5.74, 6) is 0. The molecule has 2 aliphatic heterocycles. The van der Waals surface area contributed by atoms with Crippen LogP contribution in [0.2, 0.25) is 0 Å². The van der Waals surface area contributed by atoms with Gasteiger partial charge in [-0.25, -0.2) is 9.59 Å². The molecule has 0 unspecified atom stereocenters. The first-order valence-corrected chi connectivity index (χ1v) is 10.1. The number of urea groups is 2. The van der Waals surface area contributed by atoms with E-state index in [0.717, 1.165) is 48.3 Å². The quantitative estimate of drug-likeness (QED) is 0.425. The van der Waals surface area contributed by atoms with Crippen LogP contribution in [-0.4, -0.2) is 94.3 Å². The Morgan fingerprint density at radius 2 is 1.11 bits per heavy atom. The fourth-order valence-electron chi connectivity index (χ4n) is 3.55. The first-order valence-electron chi connectivity index (χ1n) is 10.1. The molecule has 0 atom stereocenters. The molecule has 2 heterocycles. The normalized spacial score (nSPS) is 22.0. The number of fused-ring (bicyclic) bond motifs is 1. The zero-order valence-electron chi connectivity index (χ0n) is 17.0. The Bertz CT molecular complexity index is 466. The van der Waals surface area contributed by atoms with Crippen molar-refractivity contribution < 1.29 is 29.3 Å². The maximum Gasteiger partial charge on any atom is 0.327 e. The highest BCUT2D eigenvalue weighted by Crippen LogP contribution is 2.34. The molecule has 0 radical (unpaired) electrons. The molecule has 0 aliphatic carbocycles. The van der Waals surface area contributed by atoms with Gasteiger partial charge in [0.15, 0.2) is 12.3 Å². The monoisotopic (exact) mass is 402 g/mol. The Morgan fingerprint density at radius 3 is 1.46 bits per heavy atom. The van der Waals surface area contributed by atoms with Crippen LogP contribution in [0.15, 0.2) is 0 Å². The number of unbranched alkanes of at least 4 members (excludes halogenated alkanes) is 4. The third-order valence-corrected chi connectivity index (χ3v) is 5.08. The molecule has 2 saturated heterocycles. The number of hydrogen-bond donors (Lipinski definition) is 2. The Hall–Kier alpha value is -1.62. The van der Waals surface area contributed by atoms with E-state index in [9.17, 15) is 19.8 Å². The Morgan fingerprint density at radius 1 is 0.714 bits per heavy atom. The van der Waals surface area contributed by atoms with Gasteiger partial charge in [-0.3, -0.25) is 19.6 Å². The molecule has 2 N–H and O–H groups in total. The molecule has 2 aliphatic rings. The molecule has 0 aromatic carbocycles. The summed E-state index contributed by atoms with van der Waals surface area (Å²) in [6.07, 6.45) is 4.53. The summed E-state index contributed by atoms with van der Waals surface area (Å²) in [7, 11) is 0. The summed E-state index contributed by atoms with van der Waals surface area (Å²) in [5.41, 5.74) is 0. The Kier molecular flexibility index (Phi) is 9.23. The SMILES string of the molecule is CCCCCOCN1C(=O)N(CO)C2C1N(COCCCCC)C(=O)N2CO. The van der Waals surface area contributed by atoms with Crippen LogP contribution in [0, 0.1) is 0 Å². The van der Waals surface area contributed by atoms with E-state index >= 15 is 0 Å². The summed E-state index contributed by atoms with van der Waals surface area (Å²) in [5, 5.41) is 19.3. The maximum atomic E-state index is 12.7. The maximum absolute atomic E-state index is 12.7. The molecule has 10 nitrogen and oxygen atoms in total. The number of hydrogen-bond acceptors (Lipinski definition) is 6. The van der Waals surface area contributed by atoms with Gasteiger partial charge < -0.3 is 19.7 Å². The van der Waals surface area contributed by atoms with E-state index < -0.39 is 37.9 Å². The van der Waals surface area contributed by atoms with Crippen molar-refractivity contribution >= 4 is 12.1 Å². The molecule has 0 bridgehead atoms. The molecule has 0 aromatic heterocycles. The van der Waals surface area contributed by atoms with E-state index in [1.165, 1.54) is 9.80 Å². The molecule has 162 valence electrons. The fraction of sp³-hybridized carbons (Fsp3) is 0.889. The molecule has 28 heavy (non-hydrogen) atoms. The lowest BCUT2D eigenvalue weighted by atomic mass is 10.3. The molecule has 0 spiro atoms. The van der Waals surface area contributed by atoms with Gasteiger partial charge in [0.1, 0.15) is 26.9 Å². The lowest BCUT2D eigenvalue weighted by Crippen LogP contribution is -2.48. The van der Waals surface area contributed by atoms with Crippen molar-refractivity contribution in [3.8, 4) is 0 Å². The van der Waals surface area contributed by atoms with Crippen LogP contribution in [0.25, 0.3) is 0 Å². The third kappa shape index (κ3) is 4.86. The van der Waals surface area contributed by atoms with Crippen molar-refractivity contribution in [1.82, 2.24) is 19.6 Å². The van der Waals surface area contributed by atoms with E-state index in [4.69, 9.17) is 9.47 Å². The van der Waals surface area contributed by atoms with Gasteiger partial charge >= 0.3 is 12.1 Å². The van der Waals surface area contributed by atoms with Crippen LogP contribution in [0.5, 0.6) is 0 Å². The minimum atomic E-state index is -0.784. The average molecular weight is 402 g/mol. The standard InChI is InChI=1S/C18H34N4O6/c1-3-5-7-9-27-13-21-16-15(19(11-23)17(21)25)20(12-24)18(26)22(16)14-28-10-8-6-4-2/h15-16,23-24H,3-14H2,1-2H3. The first kappa shape index (κ1) is 22.7. The highest BCUT2D eigenvalue weighted by Gasteiger charge is 2.59. The molecule has 0 saturated carbocycles. The van der Waals surface area contributed by atoms with E-state index in [-0.39, 0.29) is 13.5 Å². The van der Waals surface area contributed by atoms with Gasteiger partial charge in [-0.1, -0.05) is 39.5 Å². The summed E-state index contributed by atoms with van der Waals surface area (Å²) >= 11 is 0. The average Bonchev–Trinajstić information content (AvgIpc) is 3.11. The number of amides is 4. The fourth-order valence-corrected chi connectivity index (χ4v) is 3.55. The minimum absolute atomic E-state index is 0.0130. The van der Waals surface area contributed by atoms with Crippen LogP contribution in [-0.2, 0) is 9.47 Å². The second-order valence-electron chi connectivity index (χ2n) is 7.04. The zero-order valence-corrected chi connectivity index (χ0v) is 17.0.